The highest BCUT2D eigenvalue weighted by Gasteiger charge is 2.54. The van der Waals surface area contributed by atoms with E-state index < -0.39 is 23.4 Å². The Morgan fingerprint density at radius 3 is 2.67 bits per heavy atom. The molecule has 0 radical (unpaired) electrons. The molecule has 208 valence electrons. The van der Waals surface area contributed by atoms with Crippen LogP contribution in [-0.4, -0.2) is 52.4 Å². The molecule has 1 aliphatic carbocycles. The van der Waals surface area contributed by atoms with Gasteiger partial charge in [-0.05, 0) is 55.7 Å². The van der Waals surface area contributed by atoms with Gasteiger partial charge in [-0.25, -0.2) is 13.8 Å². The number of anilines is 2. The lowest BCUT2D eigenvalue weighted by atomic mass is 9.81. The molecule has 11 heteroatoms. The Hall–Kier alpha value is -3.66. The second-order valence-corrected chi connectivity index (χ2v) is 11.3. The molecule has 0 bridgehead atoms. The molecule has 40 heavy (non-hydrogen) atoms. The van der Waals surface area contributed by atoms with Crippen LogP contribution in [0, 0.1) is 5.92 Å². The molecule has 6 rings (SSSR count). The molecular formula is C29H29ClF2N6O2. The van der Waals surface area contributed by atoms with Crippen LogP contribution >= 0.6 is 11.6 Å². The number of alkyl halides is 2. The minimum Gasteiger partial charge on any atom is -0.354 e. The monoisotopic (exact) mass is 566 g/mol. The Labute approximate surface area is 235 Å². The molecule has 2 fully saturated rings. The summed E-state index contributed by atoms with van der Waals surface area (Å²) in [7, 11) is 0. The van der Waals surface area contributed by atoms with E-state index in [1.165, 1.54) is 6.07 Å². The summed E-state index contributed by atoms with van der Waals surface area (Å²) in [5, 5.41) is 3.02. The minimum atomic E-state index is -2.87. The SMILES string of the molecule is O=C(N[C@H]1CC[C@H](CN2C(=O)C3(CCN(c4cnccn4)C3)c3ccccc32)CC1)c1cc(Cl)cnc1C(F)F. The van der Waals surface area contributed by atoms with E-state index in [-0.39, 0.29) is 28.5 Å². The van der Waals surface area contributed by atoms with Crippen molar-refractivity contribution in [2.45, 2.75) is 50.0 Å². The zero-order valence-electron chi connectivity index (χ0n) is 21.8. The van der Waals surface area contributed by atoms with Gasteiger partial charge in [0.25, 0.3) is 12.3 Å². The molecule has 2 aliphatic heterocycles. The van der Waals surface area contributed by atoms with Crippen LogP contribution in [0.15, 0.2) is 55.1 Å². The van der Waals surface area contributed by atoms with Gasteiger partial charge >= 0.3 is 0 Å². The third-order valence-electron chi connectivity index (χ3n) is 8.47. The molecule has 1 unspecified atom stereocenters. The largest absolute Gasteiger partial charge is 0.354 e. The van der Waals surface area contributed by atoms with E-state index >= 15 is 0 Å². The van der Waals surface area contributed by atoms with Crippen molar-refractivity contribution in [3.63, 3.8) is 0 Å². The summed E-state index contributed by atoms with van der Waals surface area (Å²) < 4.78 is 26.7. The lowest BCUT2D eigenvalue weighted by Crippen LogP contribution is -2.45. The number of pyridine rings is 1. The number of benzene rings is 1. The van der Waals surface area contributed by atoms with E-state index in [4.69, 9.17) is 11.6 Å². The van der Waals surface area contributed by atoms with Gasteiger partial charge < -0.3 is 15.1 Å². The van der Waals surface area contributed by atoms with Crippen molar-refractivity contribution in [3.8, 4) is 0 Å². The summed E-state index contributed by atoms with van der Waals surface area (Å²) in [6, 6.07) is 9.15. The molecule has 4 heterocycles. The number of nitrogens with one attached hydrogen (secondary N) is 1. The molecule has 3 aliphatic rings. The third-order valence-corrected chi connectivity index (χ3v) is 8.67. The van der Waals surface area contributed by atoms with Crippen LogP contribution in [-0.2, 0) is 10.2 Å². The number of nitrogens with zero attached hydrogens (tertiary/aromatic N) is 5. The molecule has 1 atom stereocenters. The number of halogens is 3. The molecule has 2 aromatic heterocycles. The van der Waals surface area contributed by atoms with Gasteiger partial charge in [-0.15, -0.1) is 0 Å². The molecule has 1 N–H and O–H groups in total. The van der Waals surface area contributed by atoms with Crippen LogP contribution in [0.2, 0.25) is 5.02 Å². The lowest BCUT2D eigenvalue weighted by Gasteiger charge is -2.32. The molecule has 1 saturated heterocycles. The minimum absolute atomic E-state index is 0.128. The quantitative estimate of drug-likeness (QED) is 0.454. The van der Waals surface area contributed by atoms with Crippen molar-refractivity contribution in [1.82, 2.24) is 20.3 Å². The number of hydrogen-bond acceptors (Lipinski definition) is 6. The van der Waals surface area contributed by atoms with E-state index in [1.54, 1.807) is 18.6 Å². The number of para-hydroxylation sites is 1. The number of hydrogen-bond donors (Lipinski definition) is 1. The van der Waals surface area contributed by atoms with Gasteiger partial charge in [0.05, 0.1) is 22.2 Å². The predicted molar refractivity (Wildman–Crippen MR) is 147 cm³/mol. The van der Waals surface area contributed by atoms with Gasteiger partial charge in [0.2, 0.25) is 5.91 Å². The molecule has 1 aromatic carbocycles. The molecule has 1 saturated carbocycles. The van der Waals surface area contributed by atoms with Crippen LogP contribution in [0.25, 0.3) is 0 Å². The fraction of sp³-hybridized carbons (Fsp3) is 0.414. The van der Waals surface area contributed by atoms with Crippen molar-refractivity contribution >= 4 is 34.9 Å². The topological polar surface area (TPSA) is 91.3 Å². The van der Waals surface area contributed by atoms with Gasteiger partial charge in [-0.1, -0.05) is 29.8 Å². The van der Waals surface area contributed by atoms with Crippen molar-refractivity contribution in [2.24, 2.45) is 5.92 Å². The van der Waals surface area contributed by atoms with Crippen LogP contribution in [0.1, 0.15) is 60.1 Å². The summed E-state index contributed by atoms with van der Waals surface area (Å²) in [6.45, 7) is 1.90. The number of rotatable bonds is 6. The Bertz CT molecular complexity index is 1420. The zero-order chi connectivity index (χ0) is 27.9. The van der Waals surface area contributed by atoms with Gasteiger partial charge in [0.15, 0.2) is 0 Å². The van der Waals surface area contributed by atoms with E-state index in [0.29, 0.717) is 32.4 Å². The second-order valence-electron chi connectivity index (χ2n) is 10.8. The van der Waals surface area contributed by atoms with E-state index in [1.807, 2.05) is 23.1 Å². The van der Waals surface area contributed by atoms with E-state index in [2.05, 4.69) is 31.2 Å². The average Bonchev–Trinajstić information content (AvgIpc) is 3.51. The van der Waals surface area contributed by atoms with Crippen LogP contribution in [0.4, 0.5) is 20.3 Å². The summed E-state index contributed by atoms with van der Waals surface area (Å²) in [5.41, 5.74) is 0.670. The summed E-state index contributed by atoms with van der Waals surface area (Å²) >= 11 is 5.91. The van der Waals surface area contributed by atoms with E-state index in [9.17, 15) is 18.4 Å². The average molecular weight is 567 g/mol. The smallest absolute Gasteiger partial charge is 0.281 e. The maximum atomic E-state index is 14.0. The first-order valence-electron chi connectivity index (χ1n) is 13.5. The first-order valence-corrected chi connectivity index (χ1v) is 13.9. The van der Waals surface area contributed by atoms with Gasteiger partial charge in [-0.3, -0.25) is 19.6 Å². The maximum Gasteiger partial charge on any atom is 0.281 e. The van der Waals surface area contributed by atoms with Crippen LogP contribution in [0.3, 0.4) is 0 Å². The number of carbonyl (C=O) groups excluding carboxylic acids is 2. The number of carbonyl (C=O) groups is 2. The first-order chi connectivity index (χ1) is 19.4. The van der Waals surface area contributed by atoms with Crippen molar-refractivity contribution in [1.29, 1.82) is 0 Å². The van der Waals surface area contributed by atoms with E-state index in [0.717, 1.165) is 42.7 Å². The van der Waals surface area contributed by atoms with Gasteiger partial charge in [0.1, 0.15) is 11.5 Å². The molecule has 2 amide bonds. The first kappa shape index (κ1) is 26.6. The summed E-state index contributed by atoms with van der Waals surface area (Å²) in [5.74, 6) is 0.580. The highest BCUT2D eigenvalue weighted by atomic mass is 35.5. The molecule has 1 spiro atoms. The molecule has 8 nitrogen and oxygen atoms in total. The van der Waals surface area contributed by atoms with Gasteiger partial charge in [-0.2, -0.15) is 0 Å². The highest BCUT2D eigenvalue weighted by molar-refractivity contribution is 6.30. The van der Waals surface area contributed by atoms with Crippen molar-refractivity contribution in [3.05, 3.63) is 77.0 Å². The van der Waals surface area contributed by atoms with Gasteiger partial charge in [0, 0.05) is 50.0 Å². The zero-order valence-corrected chi connectivity index (χ0v) is 22.5. The normalized spacial score (nSPS) is 24.1. The fourth-order valence-electron chi connectivity index (χ4n) is 6.45. The molecule has 3 aromatic rings. The predicted octanol–water partition coefficient (Wildman–Crippen LogP) is 4.95. The Morgan fingerprint density at radius 2 is 1.93 bits per heavy atom. The van der Waals surface area contributed by atoms with Crippen LogP contribution < -0.4 is 15.1 Å². The van der Waals surface area contributed by atoms with Crippen LogP contribution in [0.5, 0.6) is 0 Å². The lowest BCUT2D eigenvalue weighted by molar-refractivity contribution is -0.122. The number of aromatic nitrogens is 3. The molecular weight excluding hydrogens is 538 g/mol. The Kier molecular flexibility index (Phi) is 7.12. The highest BCUT2D eigenvalue weighted by Crippen LogP contribution is 2.48. The fourth-order valence-corrected chi connectivity index (χ4v) is 6.61. The number of amides is 2. The van der Waals surface area contributed by atoms with Crippen molar-refractivity contribution < 1.29 is 18.4 Å². The summed E-state index contributed by atoms with van der Waals surface area (Å²) in [6.07, 6.45) is 7.02. The standard InChI is InChI=1S/C29H29ClF2N6O2/c30-19-13-21(25(26(31)32)35-14-19)27(39)36-20-7-5-18(6-8-20)16-38-23-4-2-1-3-22(23)29(28(38)40)9-12-37(17-29)24-15-33-10-11-34-24/h1-4,10-11,13-15,18,20,26H,5-9,12,16-17H2,(H,36,39)/t18-,20-,29?. The summed E-state index contributed by atoms with van der Waals surface area (Å²) in [4.78, 5) is 43.2. The second kappa shape index (κ2) is 10.7. The maximum absolute atomic E-state index is 14.0. The number of fused-ring (bicyclic) bond motifs is 2. The third kappa shape index (κ3) is 4.78. The van der Waals surface area contributed by atoms with Crippen molar-refractivity contribution in [2.75, 3.05) is 29.4 Å². The Balaban J connectivity index is 1.11. The Morgan fingerprint density at radius 1 is 1.12 bits per heavy atom.